The van der Waals surface area contributed by atoms with Crippen LogP contribution in [-0.4, -0.2) is 18.0 Å². The molecule has 0 saturated carbocycles. The van der Waals surface area contributed by atoms with Crippen LogP contribution in [0.25, 0.3) is 0 Å². The zero-order valence-corrected chi connectivity index (χ0v) is 7.28. The SMILES string of the molecule is COc1ccc2c(c1)C(=O)N(N)C2. The van der Waals surface area contributed by atoms with Crippen LogP contribution in [-0.2, 0) is 6.54 Å². The summed E-state index contributed by atoms with van der Waals surface area (Å²) in [6.45, 7) is 0.484. The van der Waals surface area contributed by atoms with Crippen LogP contribution in [0.2, 0.25) is 0 Å². The fourth-order valence-corrected chi connectivity index (χ4v) is 1.43. The van der Waals surface area contributed by atoms with E-state index in [4.69, 9.17) is 10.6 Å². The molecule has 0 aliphatic carbocycles. The van der Waals surface area contributed by atoms with Gasteiger partial charge < -0.3 is 4.74 Å². The predicted octanol–water partition coefficient (Wildman–Crippen LogP) is 0.525. The van der Waals surface area contributed by atoms with Crippen molar-refractivity contribution in [2.24, 2.45) is 5.84 Å². The third kappa shape index (κ3) is 1.15. The quantitative estimate of drug-likeness (QED) is 0.504. The minimum atomic E-state index is -0.145. The Morgan fingerprint density at radius 3 is 3.00 bits per heavy atom. The fourth-order valence-electron chi connectivity index (χ4n) is 1.43. The Balaban J connectivity index is 2.48. The van der Waals surface area contributed by atoms with E-state index in [9.17, 15) is 4.79 Å². The largest absolute Gasteiger partial charge is 0.497 e. The van der Waals surface area contributed by atoms with Gasteiger partial charge in [0.15, 0.2) is 0 Å². The third-order valence-electron chi connectivity index (χ3n) is 2.15. The van der Waals surface area contributed by atoms with Crippen molar-refractivity contribution in [3.63, 3.8) is 0 Å². The summed E-state index contributed by atoms with van der Waals surface area (Å²) in [4.78, 5) is 11.4. The molecule has 1 aromatic carbocycles. The summed E-state index contributed by atoms with van der Waals surface area (Å²) in [6, 6.07) is 5.40. The van der Waals surface area contributed by atoms with Crippen molar-refractivity contribution in [1.29, 1.82) is 0 Å². The summed E-state index contributed by atoms with van der Waals surface area (Å²) >= 11 is 0. The normalized spacial score (nSPS) is 14.6. The van der Waals surface area contributed by atoms with Crippen LogP contribution in [0.3, 0.4) is 0 Å². The van der Waals surface area contributed by atoms with Crippen molar-refractivity contribution in [2.45, 2.75) is 6.54 Å². The van der Waals surface area contributed by atoms with Crippen LogP contribution in [0.4, 0.5) is 0 Å². The van der Waals surface area contributed by atoms with Gasteiger partial charge in [-0.3, -0.25) is 9.80 Å². The van der Waals surface area contributed by atoms with Gasteiger partial charge in [-0.1, -0.05) is 6.07 Å². The summed E-state index contributed by atoms with van der Waals surface area (Å²) < 4.78 is 5.01. The molecular weight excluding hydrogens is 168 g/mol. The predicted molar refractivity (Wildman–Crippen MR) is 47.1 cm³/mol. The average molecular weight is 178 g/mol. The monoisotopic (exact) mass is 178 g/mol. The summed E-state index contributed by atoms with van der Waals surface area (Å²) in [5.74, 6) is 6.00. The highest BCUT2D eigenvalue weighted by molar-refractivity contribution is 5.98. The molecule has 1 aromatic rings. The molecule has 1 aliphatic rings. The van der Waals surface area contributed by atoms with Crippen LogP contribution in [0.1, 0.15) is 15.9 Å². The van der Waals surface area contributed by atoms with E-state index in [2.05, 4.69) is 0 Å². The fraction of sp³-hybridized carbons (Fsp3) is 0.222. The highest BCUT2D eigenvalue weighted by Crippen LogP contribution is 2.24. The van der Waals surface area contributed by atoms with Crippen molar-refractivity contribution >= 4 is 5.91 Å². The number of hydrogen-bond acceptors (Lipinski definition) is 3. The highest BCUT2D eigenvalue weighted by atomic mass is 16.5. The van der Waals surface area contributed by atoms with Crippen molar-refractivity contribution in [3.05, 3.63) is 29.3 Å². The van der Waals surface area contributed by atoms with E-state index in [1.807, 2.05) is 12.1 Å². The van der Waals surface area contributed by atoms with Crippen LogP contribution in [0, 0.1) is 0 Å². The molecule has 13 heavy (non-hydrogen) atoms. The molecule has 4 heteroatoms. The molecule has 0 fully saturated rings. The maximum atomic E-state index is 11.4. The number of rotatable bonds is 1. The van der Waals surface area contributed by atoms with Crippen molar-refractivity contribution in [2.75, 3.05) is 7.11 Å². The van der Waals surface area contributed by atoms with Gasteiger partial charge in [0.1, 0.15) is 5.75 Å². The zero-order valence-electron chi connectivity index (χ0n) is 7.28. The van der Waals surface area contributed by atoms with Crippen molar-refractivity contribution < 1.29 is 9.53 Å². The first kappa shape index (κ1) is 8.07. The Kier molecular flexibility index (Phi) is 1.70. The first-order chi connectivity index (χ1) is 6.22. The third-order valence-corrected chi connectivity index (χ3v) is 2.15. The van der Waals surface area contributed by atoms with E-state index < -0.39 is 0 Å². The average Bonchev–Trinajstić information content (AvgIpc) is 2.43. The Morgan fingerprint density at radius 1 is 1.54 bits per heavy atom. The number of ether oxygens (including phenoxy) is 1. The number of carbonyl (C=O) groups excluding carboxylic acids is 1. The lowest BCUT2D eigenvalue weighted by atomic mass is 10.1. The van der Waals surface area contributed by atoms with Crippen LogP contribution in [0.5, 0.6) is 5.75 Å². The van der Waals surface area contributed by atoms with E-state index in [1.54, 1.807) is 13.2 Å². The molecule has 2 N–H and O–H groups in total. The molecule has 4 nitrogen and oxygen atoms in total. The second kappa shape index (κ2) is 2.74. The van der Waals surface area contributed by atoms with Gasteiger partial charge in [-0.15, -0.1) is 0 Å². The van der Waals surface area contributed by atoms with Gasteiger partial charge in [0.25, 0.3) is 5.91 Å². The van der Waals surface area contributed by atoms with Gasteiger partial charge in [0.05, 0.1) is 13.7 Å². The number of fused-ring (bicyclic) bond motifs is 1. The number of amides is 1. The standard InChI is InChI=1S/C9H10N2O2/c1-13-7-3-2-6-5-11(10)9(12)8(6)4-7/h2-4H,5,10H2,1H3. The number of methoxy groups -OCH3 is 1. The molecular formula is C9H10N2O2. The van der Waals surface area contributed by atoms with E-state index in [0.717, 1.165) is 5.56 Å². The van der Waals surface area contributed by atoms with Gasteiger partial charge in [-0.25, -0.2) is 5.84 Å². The summed E-state index contributed by atoms with van der Waals surface area (Å²) in [7, 11) is 1.57. The number of hydrogen-bond donors (Lipinski definition) is 1. The van der Waals surface area contributed by atoms with Crippen LogP contribution in [0.15, 0.2) is 18.2 Å². The van der Waals surface area contributed by atoms with Crippen LogP contribution >= 0.6 is 0 Å². The number of nitrogens with zero attached hydrogens (tertiary/aromatic N) is 1. The number of benzene rings is 1. The highest BCUT2D eigenvalue weighted by Gasteiger charge is 2.25. The lowest BCUT2D eigenvalue weighted by Crippen LogP contribution is -2.30. The molecule has 0 saturated heterocycles. The summed E-state index contributed by atoms with van der Waals surface area (Å²) in [5.41, 5.74) is 1.59. The van der Waals surface area contributed by atoms with Gasteiger partial charge in [0, 0.05) is 5.56 Å². The molecule has 0 bridgehead atoms. The molecule has 2 rings (SSSR count). The molecule has 1 heterocycles. The Morgan fingerprint density at radius 2 is 2.31 bits per heavy atom. The molecule has 0 spiro atoms. The minimum absolute atomic E-state index is 0.145. The molecule has 1 aliphatic heterocycles. The first-order valence-electron chi connectivity index (χ1n) is 3.96. The number of nitrogens with two attached hydrogens (primary N) is 1. The maximum absolute atomic E-state index is 11.4. The minimum Gasteiger partial charge on any atom is -0.497 e. The smallest absolute Gasteiger partial charge is 0.268 e. The lowest BCUT2D eigenvalue weighted by Gasteiger charge is -2.04. The molecule has 68 valence electrons. The summed E-state index contributed by atoms with van der Waals surface area (Å²) in [6.07, 6.45) is 0. The van der Waals surface area contributed by atoms with Crippen molar-refractivity contribution in [1.82, 2.24) is 5.01 Å². The summed E-state index contributed by atoms with van der Waals surface area (Å²) in [5, 5.41) is 1.20. The first-order valence-corrected chi connectivity index (χ1v) is 3.96. The van der Waals surface area contributed by atoms with E-state index >= 15 is 0 Å². The van der Waals surface area contributed by atoms with Gasteiger partial charge in [-0.05, 0) is 17.7 Å². The second-order valence-corrected chi connectivity index (χ2v) is 2.96. The van der Waals surface area contributed by atoms with E-state index in [0.29, 0.717) is 17.9 Å². The van der Waals surface area contributed by atoms with Crippen molar-refractivity contribution in [3.8, 4) is 5.75 Å². The molecule has 0 atom stereocenters. The Bertz CT molecular complexity index is 363. The maximum Gasteiger partial charge on any atom is 0.268 e. The van der Waals surface area contributed by atoms with E-state index in [1.165, 1.54) is 5.01 Å². The number of hydrazine groups is 1. The Hall–Kier alpha value is -1.55. The van der Waals surface area contributed by atoms with Gasteiger partial charge in [-0.2, -0.15) is 0 Å². The van der Waals surface area contributed by atoms with E-state index in [-0.39, 0.29) is 5.91 Å². The lowest BCUT2D eigenvalue weighted by molar-refractivity contribution is 0.0778. The van der Waals surface area contributed by atoms with Gasteiger partial charge >= 0.3 is 0 Å². The second-order valence-electron chi connectivity index (χ2n) is 2.96. The Labute approximate surface area is 75.9 Å². The molecule has 0 radical (unpaired) electrons. The molecule has 1 amide bonds. The number of carbonyl (C=O) groups is 1. The zero-order chi connectivity index (χ0) is 9.42. The molecule has 0 aromatic heterocycles. The van der Waals surface area contributed by atoms with Gasteiger partial charge in [0.2, 0.25) is 0 Å². The topological polar surface area (TPSA) is 55.6 Å². The molecule has 0 unspecified atom stereocenters. The van der Waals surface area contributed by atoms with Crippen LogP contribution < -0.4 is 10.6 Å².